The summed E-state index contributed by atoms with van der Waals surface area (Å²) in [6, 6.07) is 7.02. The molecule has 3 aromatic rings. The van der Waals surface area contributed by atoms with Crippen molar-refractivity contribution >= 4 is 44.8 Å². The zero-order valence-corrected chi connectivity index (χ0v) is 18.9. The first-order valence-electron chi connectivity index (χ1n) is 9.65. The molecule has 0 aliphatic heterocycles. The Morgan fingerprint density at radius 1 is 1.10 bits per heavy atom. The van der Waals surface area contributed by atoms with Crippen molar-refractivity contribution in [2.45, 2.75) is 33.6 Å². The molecule has 0 unspecified atom stereocenters. The molecule has 2 aromatic heterocycles. The van der Waals surface area contributed by atoms with E-state index in [-0.39, 0.29) is 17.7 Å². The van der Waals surface area contributed by atoms with Crippen molar-refractivity contribution in [1.29, 1.82) is 0 Å². The van der Waals surface area contributed by atoms with Gasteiger partial charge in [-0.3, -0.25) is 14.9 Å². The summed E-state index contributed by atoms with van der Waals surface area (Å²) in [7, 11) is 1.53. The van der Waals surface area contributed by atoms with Crippen LogP contribution in [0.1, 0.15) is 42.7 Å². The van der Waals surface area contributed by atoms with Crippen molar-refractivity contribution in [3.8, 4) is 16.3 Å². The second kappa shape index (κ2) is 9.82. The number of aromatic nitrogens is 2. The molecule has 7 nitrogen and oxygen atoms in total. The average molecular weight is 445 g/mol. The Balaban J connectivity index is 1.74. The van der Waals surface area contributed by atoms with E-state index < -0.39 is 0 Å². The molecule has 30 heavy (non-hydrogen) atoms. The molecule has 0 aliphatic carbocycles. The van der Waals surface area contributed by atoms with Crippen molar-refractivity contribution in [1.82, 2.24) is 9.97 Å². The molecule has 2 N–H and O–H groups in total. The summed E-state index contributed by atoms with van der Waals surface area (Å²) in [5.74, 6) is 0.191. The summed E-state index contributed by atoms with van der Waals surface area (Å²) < 4.78 is 5.25. The summed E-state index contributed by atoms with van der Waals surface area (Å²) >= 11 is 2.72. The highest BCUT2D eigenvalue weighted by Gasteiger charge is 2.19. The zero-order chi connectivity index (χ0) is 21.7. The van der Waals surface area contributed by atoms with Gasteiger partial charge in [0.25, 0.3) is 5.91 Å². The molecular formula is C21H24N4O3S2. The van der Waals surface area contributed by atoms with E-state index in [9.17, 15) is 9.59 Å². The number of hydrogen-bond acceptors (Lipinski definition) is 7. The SMILES string of the molecule is CCC(CC)C(=O)Nc1nc(-c2sc(NC(=O)c3ccccc3OC)nc2C)cs1. The third-order valence-electron chi connectivity index (χ3n) is 4.69. The van der Waals surface area contributed by atoms with Gasteiger partial charge in [0.15, 0.2) is 10.3 Å². The van der Waals surface area contributed by atoms with Crippen LogP contribution in [0, 0.1) is 12.8 Å². The molecule has 0 spiro atoms. The summed E-state index contributed by atoms with van der Waals surface area (Å²) in [5, 5.41) is 8.65. The van der Waals surface area contributed by atoms with Gasteiger partial charge in [-0.2, -0.15) is 0 Å². The second-order valence-electron chi connectivity index (χ2n) is 6.63. The summed E-state index contributed by atoms with van der Waals surface area (Å²) in [4.78, 5) is 34.7. The van der Waals surface area contributed by atoms with Crippen LogP contribution < -0.4 is 15.4 Å². The van der Waals surface area contributed by atoms with Crippen molar-refractivity contribution in [2.24, 2.45) is 5.92 Å². The highest BCUT2D eigenvalue weighted by molar-refractivity contribution is 7.20. The van der Waals surface area contributed by atoms with Crippen molar-refractivity contribution in [2.75, 3.05) is 17.7 Å². The van der Waals surface area contributed by atoms with Crippen LogP contribution in [-0.2, 0) is 4.79 Å². The molecule has 0 aliphatic rings. The number of ether oxygens (including phenoxy) is 1. The molecule has 1 aromatic carbocycles. The Morgan fingerprint density at radius 3 is 2.53 bits per heavy atom. The van der Waals surface area contributed by atoms with Crippen LogP contribution in [0.5, 0.6) is 5.75 Å². The largest absolute Gasteiger partial charge is 0.496 e. The molecule has 0 saturated heterocycles. The minimum atomic E-state index is -0.288. The third-order valence-corrected chi connectivity index (χ3v) is 6.55. The number of nitrogens with zero attached hydrogens (tertiary/aromatic N) is 2. The highest BCUT2D eigenvalue weighted by atomic mass is 32.1. The number of anilines is 2. The normalized spacial score (nSPS) is 10.8. The van der Waals surface area contributed by atoms with Gasteiger partial charge in [0.1, 0.15) is 5.75 Å². The molecule has 0 atom stereocenters. The van der Waals surface area contributed by atoms with Gasteiger partial charge in [0.05, 0.1) is 28.9 Å². The topological polar surface area (TPSA) is 93.2 Å². The minimum Gasteiger partial charge on any atom is -0.496 e. The Kier molecular flexibility index (Phi) is 7.17. The first kappa shape index (κ1) is 21.9. The number of benzene rings is 1. The Hall–Kier alpha value is -2.78. The van der Waals surface area contributed by atoms with E-state index in [1.54, 1.807) is 18.2 Å². The molecule has 0 bridgehead atoms. The number of aryl methyl sites for hydroxylation is 1. The fourth-order valence-electron chi connectivity index (χ4n) is 2.99. The molecule has 158 valence electrons. The fraction of sp³-hybridized carbons (Fsp3) is 0.333. The van der Waals surface area contributed by atoms with Crippen LogP contribution in [0.15, 0.2) is 29.6 Å². The lowest BCUT2D eigenvalue weighted by Crippen LogP contribution is -2.21. The monoisotopic (exact) mass is 444 g/mol. The molecule has 9 heteroatoms. The number of rotatable bonds is 8. The predicted molar refractivity (Wildman–Crippen MR) is 122 cm³/mol. The van der Waals surface area contributed by atoms with Gasteiger partial charge >= 0.3 is 0 Å². The maximum Gasteiger partial charge on any atom is 0.261 e. The van der Waals surface area contributed by atoms with Gasteiger partial charge in [-0.1, -0.05) is 37.3 Å². The minimum absolute atomic E-state index is 0.00770. The van der Waals surface area contributed by atoms with E-state index in [1.807, 2.05) is 32.2 Å². The van der Waals surface area contributed by atoms with E-state index in [4.69, 9.17) is 4.74 Å². The lowest BCUT2D eigenvalue weighted by molar-refractivity contribution is -0.120. The summed E-state index contributed by atoms with van der Waals surface area (Å²) in [5.41, 5.74) is 1.93. The summed E-state index contributed by atoms with van der Waals surface area (Å²) in [6.07, 6.45) is 1.59. The summed E-state index contributed by atoms with van der Waals surface area (Å²) in [6.45, 7) is 5.87. The lowest BCUT2D eigenvalue weighted by Gasteiger charge is -2.10. The van der Waals surface area contributed by atoms with Gasteiger partial charge in [0, 0.05) is 11.3 Å². The lowest BCUT2D eigenvalue weighted by atomic mass is 10.0. The van der Waals surface area contributed by atoms with Crippen molar-refractivity contribution in [3.05, 3.63) is 40.9 Å². The molecule has 0 saturated carbocycles. The number of amides is 2. The van der Waals surface area contributed by atoms with Gasteiger partial charge in [-0.15, -0.1) is 11.3 Å². The number of methoxy groups -OCH3 is 1. The standard InChI is InChI=1S/C21H24N4O3S2/c1-5-13(6-2)18(26)24-20-23-15(11-29-20)17-12(3)22-21(30-17)25-19(27)14-9-7-8-10-16(14)28-4/h7-11,13H,5-6H2,1-4H3,(H,22,25,27)(H,23,24,26). The maximum atomic E-state index is 12.6. The van der Waals surface area contributed by atoms with Crippen LogP contribution in [0.3, 0.4) is 0 Å². The van der Waals surface area contributed by atoms with Crippen LogP contribution in [0.25, 0.3) is 10.6 Å². The molecule has 2 heterocycles. The number of carbonyl (C=O) groups excluding carboxylic acids is 2. The Bertz CT molecular complexity index is 1040. The van der Waals surface area contributed by atoms with Crippen molar-refractivity contribution in [3.63, 3.8) is 0 Å². The Morgan fingerprint density at radius 2 is 1.83 bits per heavy atom. The molecule has 2 amide bonds. The van der Waals surface area contributed by atoms with Crippen LogP contribution in [0.4, 0.5) is 10.3 Å². The van der Waals surface area contributed by atoms with Gasteiger partial charge in [-0.05, 0) is 31.9 Å². The van der Waals surface area contributed by atoms with E-state index in [0.29, 0.717) is 21.6 Å². The average Bonchev–Trinajstić information content (AvgIpc) is 3.34. The highest BCUT2D eigenvalue weighted by Crippen LogP contribution is 2.35. The smallest absolute Gasteiger partial charge is 0.261 e. The van der Waals surface area contributed by atoms with Gasteiger partial charge in [-0.25, -0.2) is 9.97 Å². The first-order valence-corrected chi connectivity index (χ1v) is 11.3. The van der Waals surface area contributed by atoms with Gasteiger partial charge < -0.3 is 10.1 Å². The predicted octanol–water partition coefficient (Wildman–Crippen LogP) is 5.21. The number of para-hydroxylation sites is 1. The molecule has 3 rings (SSSR count). The van der Waals surface area contributed by atoms with Crippen LogP contribution in [-0.4, -0.2) is 28.9 Å². The molecule has 0 radical (unpaired) electrons. The van der Waals surface area contributed by atoms with Gasteiger partial charge in [0.2, 0.25) is 5.91 Å². The fourth-order valence-corrected chi connectivity index (χ4v) is 4.69. The second-order valence-corrected chi connectivity index (χ2v) is 8.49. The van der Waals surface area contributed by atoms with Crippen molar-refractivity contribution < 1.29 is 14.3 Å². The van der Waals surface area contributed by atoms with Crippen LogP contribution >= 0.6 is 22.7 Å². The number of nitrogens with one attached hydrogen (secondary N) is 2. The van der Waals surface area contributed by atoms with E-state index in [1.165, 1.54) is 29.8 Å². The number of thiazole rings is 2. The molecule has 0 fully saturated rings. The van der Waals surface area contributed by atoms with E-state index in [2.05, 4.69) is 20.6 Å². The zero-order valence-electron chi connectivity index (χ0n) is 17.3. The van der Waals surface area contributed by atoms with E-state index >= 15 is 0 Å². The van der Waals surface area contributed by atoms with E-state index in [0.717, 1.165) is 29.1 Å². The quantitative estimate of drug-likeness (QED) is 0.497. The number of hydrogen-bond donors (Lipinski definition) is 2. The Labute approximate surface area is 183 Å². The first-order chi connectivity index (χ1) is 14.5. The number of carbonyl (C=O) groups is 2. The van der Waals surface area contributed by atoms with Crippen LogP contribution in [0.2, 0.25) is 0 Å². The maximum absolute atomic E-state index is 12.6. The third kappa shape index (κ3) is 4.85. The molecular weight excluding hydrogens is 420 g/mol.